The van der Waals surface area contributed by atoms with Crippen molar-refractivity contribution in [1.82, 2.24) is 30.3 Å². The second-order valence-corrected chi connectivity index (χ2v) is 7.51. The fourth-order valence-corrected chi connectivity index (χ4v) is 4.04. The van der Waals surface area contributed by atoms with E-state index in [1.807, 2.05) is 11.6 Å². The van der Waals surface area contributed by atoms with Gasteiger partial charge in [0.1, 0.15) is 11.6 Å². The lowest BCUT2D eigenvalue weighted by Gasteiger charge is -2.30. The number of hydrogen-bond acceptors (Lipinski definition) is 4. The van der Waals surface area contributed by atoms with Crippen molar-refractivity contribution in [3.8, 4) is 0 Å². The highest BCUT2D eigenvalue weighted by atomic mass is 127. The zero-order valence-electron chi connectivity index (χ0n) is 17.1. The van der Waals surface area contributed by atoms with Gasteiger partial charge in [-0.1, -0.05) is 6.92 Å². The van der Waals surface area contributed by atoms with E-state index in [9.17, 15) is 0 Å². The molecule has 0 bridgehead atoms. The number of fused-ring (bicyclic) bond motifs is 1. The van der Waals surface area contributed by atoms with Crippen LogP contribution in [0.4, 0.5) is 0 Å². The number of likely N-dealkylation sites (tertiary alicyclic amines) is 1. The first-order valence-corrected chi connectivity index (χ1v) is 10.4. The molecule has 0 spiro atoms. The molecule has 1 atom stereocenters. The summed E-state index contributed by atoms with van der Waals surface area (Å²) in [6.45, 7) is 12.8. The highest BCUT2D eigenvalue weighted by Gasteiger charge is 2.24. The standard InChI is InChI=1S/C19H35N7.HI/c1-4-20-19(21-11-8-16-9-13-25(5-2)14-10-16)23-17-7-6-12-26-18(17)22-15(3)24-26;/h16-17H,4-14H2,1-3H3,(H2,20,21,23);1H. The number of aromatic nitrogens is 3. The minimum atomic E-state index is 0. The van der Waals surface area contributed by atoms with Crippen LogP contribution in [0.3, 0.4) is 0 Å². The molecule has 0 amide bonds. The summed E-state index contributed by atoms with van der Waals surface area (Å²) in [5.41, 5.74) is 0. The molecule has 1 aromatic heterocycles. The summed E-state index contributed by atoms with van der Waals surface area (Å²) in [6.07, 6.45) is 6.03. The maximum absolute atomic E-state index is 4.84. The Bertz CT molecular complexity index is 593. The second-order valence-electron chi connectivity index (χ2n) is 7.51. The number of aliphatic imine (C=N–C) groups is 1. The average molecular weight is 489 g/mol. The second kappa shape index (κ2) is 11.2. The van der Waals surface area contributed by atoms with Gasteiger partial charge < -0.3 is 15.5 Å². The molecule has 0 radical (unpaired) electrons. The first kappa shape index (κ1) is 22.4. The lowest BCUT2D eigenvalue weighted by molar-refractivity contribution is 0.188. The molecule has 3 rings (SSSR count). The molecule has 2 N–H and O–H groups in total. The van der Waals surface area contributed by atoms with Crippen LogP contribution in [-0.4, -0.2) is 58.3 Å². The lowest BCUT2D eigenvalue weighted by atomic mass is 9.94. The summed E-state index contributed by atoms with van der Waals surface area (Å²) in [6, 6.07) is 0.204. The molecule has 1 unspecified atom stereocenters. The molecule has 1 fully saturated rings. The summed E-state index contributed by atoms with van der Waals surface area (Å²) in [4.78, 5) is 12.0. The minimum absolute atomic E-state index is 0. The number of rotatable bonds is 6. The molecule has 1 saturated heterocycles. The van der Waals surface area contributed by atoms with Gasteiger partial charge in [0.15, 0.2) is 5.96 Å². The van der Waals surface area contributed by atoms with Crippen LogP contribution in [0, 0.1) is 12.8 Å². The quantitative estimate of drug-likeness (QED) is 0.366. The molecule has 154 valence electrons. The Balaban J connectivity index is 0.00000261. The van der Waals surface area contributed by atoms with Gasteiger partial charge in [0.25, 0.3) is 0 Å². The summed E-state index contributed by atoms with van der Waals surface area (Å²) < 4.78 is 2.04. The fourth-order valence-electron chi connectivity index (χ4n) is 4.04. The molecule has 2 aliphatic rings. The smallest absolute Gasteiger partial charge is 0.191 e. The Kier molecular flexibility index (Phi) is 9.28. The molecule has 27 heavy (non-hydrogen) atoms. The fraction of sp³-hybridized carbons (Fsp3) is 0.842. The van der Waals surface area contributed by atoms with E-state index in [2.05, 4.69) is 39.5 Å². The Hall–Kier alpha value is -0.900. The number of guanidine groups is 1. The Labute approximate surface area is 180 Å². The molecule has 2 aliphatic heterocycles. The van der Waals surface area contributed by atoms with Crippen LogP contribution in [0.25, 0.3) is 0 Å². The van der Waals surface area contributed by atoms with E-state index < -0.39 is 0 Å². The van der Waals surface area contributed by atoms with Gasteiger partial charge in [-0.15, -0.1) is 24.0 Å². The molecular weight excluding hydrogens is 453 g/mol. The third-order valence-corrected chi connectivity index (χ3v) is 5.60. The summed E-state index contributed by atoms with van der Waals surface area (Å²) in [5.74, 6) is 3.64. The number of aryl methyl sites for hydroxylation is 2. The van der Waals surface area contributed by atoms with Crippen LogP contribution in [0.5, 0.6) is 0 Å². The summed E-state index contributed by atoms with van der Waals surface area (Å²) >= 11 is 0. The van der Waals surface area contributed by atoms with Crippen LogP contribution >= 0.6 is 24.0 Å². The zero-order chi connectivity index (χ0) is 18.4. The lowest BCUT2D eigenvalue weighted by Crippen LogP contribution is -2.41. The van der Waals surface area contributed by atoms with E-state index in [0.717, 1.165) is 56.0 Å². The van der Waals surface area contributed by atoms with Crippen molar-refractivity contribution < 1.29 is 0 Å². The molecule has 7 nitrogen and oxygen atoms in total. The van der Waals surface area contributed by atoms with Crippen molar-refractivity contribution in [2.45, 2.75) is 65.5 Å². The van der Waals surface area contributed by atoms with E-state index in [-0.39, 0.29) is 30.0 Å². The predicted molar refractivity (Wildman–Crippen MR) is 121 cm³/mol. The van der Waals surface area contributed by atoms with Crippen LogP contribution in [0.15, 0.2) is 4.99 Å². The van der Waals surface area contributed by atoms with Gasteiger partial charge >= 0.3 is 0 Å². The topological polar surface area (TPSA) is 70.4 Å². The van der Waals surface area contributed by atoms with Crippen LogP contribution in [0.1, 0.15) is 63.6 Å². The third-order valence-electron chi connectivity index (χ3n) is 5.60. The summed E-state index contributed by atoms with van der Waals surface area (Å²) in [5, 5.41) is 11.5. The third kappa shape index (κ3) is 6.30. The molecule has 8 heteroatoms. The molecule has 0 saturated carbocycles. The van der Waals surface area contributed by atoms with Crippen molar-refractivity contribution in [3.63, 3.8) is 0 Å². The SMILES string of the molecule is CCNC(=NCCC1CCN(CC)CC1)NC1CCCn2nc(C)nc21.I. The number of nitrogens with zero attached hydrogens (tertiary/aromatic N) is 5. The average Bonchev–Trinajstić information content (AvgIpc) is 3.04. The Morgan fingerprint density at radius 1 is 1.19 bits per heavy atom. The van der Waals surface area contributed by atoms with Gasteiger partial charge in [-0.2, -0.15) is 5.10 Å². The maximum atomic E-state index is 4.84. The van der Waals surface area contributed by atoms with Crippen LogP contribution in [-0.2, 0) is 6.54 Å². The van der Waals surface area contributed by atoms with Crippen molar-refractivity contribution >= 4 is 29.9 Å². The molecule has 1 aromatic rings. The van der Waals surface area contributed by atoms with E-state index >= 15 is 0 Å². The maximum Gasteiger partial charge on any atom is 0.191 e. The van der Waals surface area contributed by atoms with E-state index in [0.29, 0.717) is 0 Å². The molecule has 0 aromatic carbocycles. The molecule has 0 aliphatic carbocycles. The van der Waals surface area contributed by atoms with Gasteiger partial charge in [-0.05, 0) is 71.5 Å². The first-order chi connectivity index (χ1) is 12.7. The normalized spacial score (nSPS) is 21.4. The van der Waals surface area contributed by atoms with Crippen LogP contribution < -0.4 is 10.6 Å². The number of halogens is 1. The Morgan fingerprint density at radius 2 is 1.96 bits per heavy atom. The minimum Gasteiger partial charge on any atom is -0.357 e. The van der Waals surface area contributed by atoms with Crippen molar-refractivity contribution in [2.24, 2.45) is 10.9 Å². The predicted octanol–water partition coefficient (Wildman–Crippen LogP) is 2.72. The van der Waals surface area contributed by atoms with Crippen molar-refractivity contribution in [1.29, 1.82) is 0 Å². The van der Waals surface area contributed by atoms with Gasteiger partial charge in [0.2, 0.25) is 0 Å². The van der Waals surface area contributed by atoms with Crippen LogP contribution in [0.2, 0.25) is 0 Å². The first-order valence-electron chi connectivity index (χ1n) is 10.4. The number of nitrogens with one attached hydrogen (secondary N) is 2. The number of piperidine rings is 1. The monoisotopic (exact) mass is 489 g/mol. The molecule has 3 heterocycles. The number of hydrogen-bond donors (Lipinski definition) is 2. The van der Waals surface area contributed by atoms with E-state index in [1.165, 1.54) is 38.9 Å². The van der Waals surface area contributed by atoms with Gasteiger partial charge in [0.05, 0.1) is 6.04 Å². The highest BCUT2D eigenvalue weighted by Crippen LogP contribution is 2.23. The van der Waals surface area contributed by atoms with Gasteiger partial charge in [0, 0.05) is 19.6 Å². The van der Waals surface area contributed by atoms with E-state index in [4.69, 9.17) is 4.99 Å². The Morgan fingerprint density at radius 3 is 2.67 bits per heavy atom. The summed E-state index contributed by atoms with van der Waals surface area (Å²) in [7, 11) is 0. The largest absolute Gasteiger partial charge is 0.357 e. The van der Waals surface area contributed by atoms with E-state index in [1.54, 1.807) is 0 Å². The molecular formula is C19H36IN7. The van der Waals surface area contributed by atoms with Gasteiger partial charge in [-0.25, -0.2) is 9.67 Å². The van der Waals surface area contributed by atoms with Crippen molar-refractivity contribution in [2.75, 3.05) is 32.7 Å². The van der Waals surface area contributed by atoms with Crippen molar-refractivity contribution in [3.05, 3.63) is 11.6 Å². The van der Waals surface area contributed by atoms with Gasteiger partial charge in [-0.3, -0.25) is 4.99 Å². The highest BCUT2D eigenvalue weighted by molar-refractivity contribution is 14.0. The zero-order valence-corrected chi connectivity index (χ0v) is 19.4.